The van der Waals surface area contributed by atoms with Gasteiger partial charge in [0.25, 0.3) is 0 Å². The van der Waals surface area contributed by atoms with E-state index in [0.717, 1.165) is 12.0 Å². The number of halogens is 1. The van der Waals surface area contributed by atoms with Crippen molar-refractivity contribution in [1.82, 2.24) is 16.0 Å². The summed E-state index contributed by atoms with van der Waals surface area (Å²) < 4.78 is 23.1. The standard InChI is InChI=1S/C32H48BrN3O9/c1-18(7-10-26-19(2)13-25(22(5)44-26)36-28(38)12-9-20(3)43-23(6)37)8-11-27-30(40)32(17-42-32)14-24(45-27)16-34-31(41)21(4)35-29(39)15-33/h7-9,11-12,19-22,24-27,30,40H,10,13-17H2,1-6H3,(H,34,41)(H,35,39)(H,36,38)/t19-,20?,21?,22+,24-,25+,26-,27+,30+,32+/m0/s1. The molecule has 12 nitrogen and oxygen atoms in total. The summed E-state index contributed by atoms with van der Waals surface area (Å²) in [6.45, 7) is 11.3. The van der Waals surface area contributed by atoms with Crippen LogP contribution < -0.4 is 16.0 Å². The number of amides is 3. The quantitative estimate of drug-likeness (QED) is 0.0741. The molecule has 3 fully saturated rings. The molecule has 3 heterocycles. The zero-order valence-corrected chi connectivity index (χ0v) is 28.5. The summed E-state index contributed by atoms with van der Waals surface area (Å²) in [5.41, 5.74) is 0.300. The van der Waals surface area contributed by atoms with E-state index in [9.17, 15) is 24.3 Å². The number of alkyl halides is 1. The fourth-order valence-electron chi connectivity index (χ4n) is 5.60. The third-order valence-electron chi connectivity index (χ3n) is 8.32. The lowest BCUT2D eigenvalue weighted by atomic mass is 9.87. The van der Waals surface area contributed by atoms with Gasteiger partial charge >= 0.3 is 5.97 Å². The number of aliphatic hydroxyl groups excluding tert-OH is 1. The third kappa shape index (κ3) is 11.3. The molecule has 4 N–H and O–H groups in total. The van der Waals surface area contributed by atoms with E-state index in [2.05, 4.69) is 44.9 Å². The SMILES string of the molecule is CC(=O)OC(C)C=CC(=O)N[C@@H]1C[C@H](C)[C@H](CC=C(C)C=C[C@H]2O[C@H](CNC(=O)C(C)NC(=O)CBr)C[C@@]3(CO3)[C@@H]2O)O[C@@H]1C. The average Bonchev–Trinajstić information content (AvgIpc) is 3.76. The molecule has 0 radical (unpaired) electrons. The van der Waals surface area contributed by atoms with E-state index in [1.54, 1.807) is 19.9 Å². The Labute approximate surface area is 273 Å². The van der Waals surface area contributed by atoms with Crippen LogP contribution in [0.4, 0.5) is 0 Å². The molecular weight excluding hydrogens is 650 g/mol. The molecule has 0 bridgehead atoms. The molecule has 3 amide bonds. The van der Waals surface area contributed by atoms with Crippen LogP contribution in [0.25, 0.3) is 0 Å². The van der Waals surface area contributed by atoms with Gasteiger partial charge in [0.1, 0.15) is 30.0 Å². The van der Waals surface area contributed by atoms with E-state index in [-0.39, 0.29) is 59.9 Å². The molecule has 2 unspecified atom stereocenters. The number of nitrogens with one attached hydrogen (secondary N) is 3. The Hall–Kier alpha value is -2.58. The van der Waals surface area contributed by atoms with Crippen molar-refractivity contribution in [3.63, 3.8) is 0 Å². The molecule has 45 heavy (non-hydrogen) atoms. The van der Waals surface area contributed by atoms with E-state index >= 15 is 0 Å². The summed E-state index contributed by atoms with van der Waals surface area (Å²) in [6.07, 6.45) is 8.14. The lowest BCUT2D eigenvalue weighted by Gasteiger charge is -2.39. The number of carbonyl (C=O) groups excluding carboxylic acids is 4. The van der Waals surface area contributed by atoms with Crippen LogP contribution in [-0.4, -0.2) is 102 Å². The molecule has 3 saturated heterocycles. The number of hydrogen-bond donors (Lipinski definition) is 4. The van der Waals surface area contributed by atoms with Crippen molar-refractivity contribution in [3.05, 3.63) is 36.0 Å². The summed E-state index contributed by atoms with van der Waals surface area (Å²) in [4.78, 5) is 47.4. The molecule has 0 saturated carbocycles. The Morgan fingerprint density at radius 1 is 1.13 bits per heavy atom. The number of hydrogen-bond acceptors (Lipinski definition) is 9. The minimum absolute atomic E-state index is 0.0228. The van der Waals surface area contributed by atoms with Crippen molar-refractivity contribution in [2.75, 3.05) is 18.5 Å². The normalized spacial score (nSPS) is 33.1. The van der Waals surface area contributed by atoms with Gasteiger partial charge in [-0.3, -0.25) is 19.2 Å². The molecule has 0 aromatic carbocycles. The number of epoxide rings is 1. The van der Waals surface area contributed by atoms with Crippen LogP contribution in [0.2, 0.25) is 0 Å². The smallest absolute Gasteiger partial charge is 0.303 e. The predicted octanol–water partition coefficient (Wildman–Crippen LogP) is 1.99. The summed E-state index contributed by atoms with van der Waals surface area (Å²) in [5, 5.41) is 19.4. The fraction of sp³-hybridized carbons (Fsp3) is 0.688. The first-order chi connectivity index (χ1) is 21.2. The molecule has 3 aliphatic rings. The zero-order chi connectivity index (χ0) is 33.3. The number of carbonyl (C=O) groups is 4. The van der Waals surface area contributed by atoms with Crippen molar-refractivity contribution in [1.29, 1.82) is 0 Å². The van der Waals surface area contributed by atoms with Gasteiger partial charge in [-0.25, -0.2) is 0 Å². The summed E-state index contributed by atoms with van der Waals surface area (Å²) >= 11 is 3.06. The number of aliphatic hydroxyl groups is 1. The van der Waals surface area contributed by atoms with Gasteiger partial charge in [0.2, 0.25) is 17.7 Å². The first-order valence-electron chi connectivity index (χ1n) is 15.5. The molecule has 0 aromatic rings. The van der Waals surface area contributed by atoms with Crippen LogP contribution >= 0.6 is 15.9 Å². The summed E-state index contributed by atoms with van der Waals surface area (Å²) in [5.74, 6) is -1.06. The van der Waals surface area contributed by atoms with Gasteiger partial charge in [0, 0.05) is 26.0 Å². The minimum Gasteiger partial charge on any atom is -0.459 e. The van der Waals surface area contributed by atoms with Crippen LogP contribution in [0.1, 0.15) is 60.8 Å². The highest BCUT2D eigenvalue weighted by Gasteiger charge is 2.58. The van der Waals surface area contributed by atoms with Crippen molar-refractivity contribution in [2.45, 2.75) is 115 Å². The Kier molecular flexibility index (Phi) is 13.8. The molecule has 10 atom stereocenters. The van der Waals surface area contributed by atoms with Gasteiger partial charge in [0.15, 0.2) is 0 Å². The third-order valence-corrected chi connectivity index (χ3v) is 8.83. The molecule has 0 aliphatic carbocycles. The number of allylic oxidation sites excluding steroid dienone is 2. The van der Waals surface area contributed by atoms with Crippen LogP contribution in [0.3, 0.4) is 0 Å². The second-order valence-corrected chi connectivity index (χ2v) is 12.9. The van der Waals surface area contributed by atoms with Crippen LogP contribution in [0.15, 0.2) is 36.0 Å². The fourth-order valence-corrected chi connectivity index (χ4v) is 5.76. The van der Waals surface area contributed by atoms with E-state index in [1.807, 2.05) is 26.0 Å². The zero-order valence-electron chi connectivity index (χ0n) is 26.9. The van der Waals surface area contributed by atoms with Gasteiger partial charge in [0.05, 0.1) is 36.3 Å². The minimum atomic E-state index is -0.833. The Bertz CT molecular complexity index is 1150. The molecule has 1 spiro atoms. The molecule has 3 aliphatic heterocycles. The van der Waals surface area contributed by atoms with Crippen molar-refractivity contribution >= 4 is 39.6 Å². The van der Waals surface area contributed by atoms with Gasteiger partial charge in [-0.15, -0.1) is 0 Å². The largest absolute Gasteiger partial charge is 0.459 e. The highest BCUT2D eigenvalue weighted by Crippen LogP contribution is 2.42. The maximum Gasteiger partial charge on any atom is 0.303 e. The van der Waals surface area contributed by atoms with Gasteiger partial charge in [-0.2, -0.15) is 0 Å². The van der Waals surface area contributed by atoms with Gasteiger partial charge in [-0.1, -0.05) is 46.7 Å². The van der Waals surface area contributed by atoms with Crippen LogP contribution in [-0.2, 0) is 38.1 Å². The number of esters is 1. The summed E-state index contributed by atoms with van der Waals surface area (Å²) in [6, 6.07) is -0.827. The van der Waals surface area contributed by atoms with E-state index in [1.165, 1.54) is 13.0 Å². The van der Waals surface area contributed by atoms with Gasteiger partial charge in [-0.05, 0) is 52.5 Å². The molecule has 252 valence electrons. The van der Waals surface area contributed by atoms with E-state index < -0.39 is 35.9 Å². The van der Waals surface area contributed by atoms with Crippen molar-refractivity contribution in [2.24, 2.45) is 5.92 Å². The molecule has 0 aromatic heterocycles. The Balaban J connectivity index is 1.49. The topological polar surface area (TPSA) is 165 Å². The Morgan fingerprint density at radius 2 is 1.84 bits per heavy atom. The second-order valence-electron chi connectivity index (χ2n) is 12.3. The number of rotatable bonds is 13. The monoisotopic (exact) mass is 697 g/mol. The lowest BCUT2D eigenvalue weighted by molar-refractivity contribution is -0.143. The van der Waals surface area contributed by atoms with Gasteiger partial charge < -0.3 is 40.0 Å². The average molecular weight is 699 g/mol. The van der Waals surface area contributed by atoms with Crippen LogP contribution in [0.5, 0.6) is 0 Å². The first-order valence-corrected chi connectivity index (χ1v) is 16.6. The highest BCUT2D eigenvalue weighted by atomic mass is 79.9. The van der Waals surface area contributed by atoms with Crippen LogP contribution in [0, 0.1) is 5.92 Å². The van der Waals surface area contributed by atoms with Crippen molar-refractivity contribution in [3.8, 4) is 0 Å². The second kappa shape index (κ2) is 16.8. The summed E-state index contributed by atoms with van der Waals surface area (Å²) in [7, 11) is 0. The molecule has 13 heteroatoms. The highest BCUT2D eigenvalue weighted by molar-refractivity contribution is 9.09. The maximum atomic E-state index is 12.4. The number of ether oxygens (including phenoxy) is 4. The van der Waals surface area contributed by atoms with E-state index in [0.29, 0.717) is 19.4 Å². The molecular formula is C32H48BrN3O9. The molecule has 3 rings (SSSR count). The Morgan fingerprint density at radius 3 is 2.49 bits per heavy atom. The maximum absolute atomic E-state index is 12.4. The predicted molar refractivity (Wildman–Crippen MR) is 170 cm³/mol. The first kappa shape index (κ1) is 36.9. The van der Waals surface area contributed by atoms with Crippen molar-refractivity contribution < 1.29 is 43.2 Å². The lowest BCUT2D eigenvalue weighted by Crippen LogP contribution is -2.54. The van der Waals surface area contributed by atoms with E-state index in [4.69, 9.17) is 18.9 Å².